The molecule has 184 valence electrons. The Morgan fingerprint density at radius 3 is 2.74 bits per heavy atom. The zero-order valence-electron chi connectivity index (χ0n) is 21.6. The van der Waals surface area contributed by atoms with Gasteiger partial charge in [-0.15, -0.1) is 0 Å². The van der Waals surface area contributed by atoms with Crippen LogP contribution in [0.5, 0.6) is 5.75 Å². The van der Waals surface area contributed by atoms with Crippen LogP contribution in [0.3, 0.4) is 0 Å². The maximum atomic E-state index is 12.2. The van der Waals surface area contributed by atoms with Gasteiger partial charge in [0.2, 0.25) is 5.95 Å². The summed E-state index contributed by atoms with van der Waals surface area (Å²) < 4.78 is 6.08. The van der Waals surface area contributed by atoms with E-state index in [1.807, 2.05) is 52.6 Å². The summed E-state index contributed by atoms with van der Waals surface area (Å²) in [5.41, 5.74) is 2.63. The van der Waals surface area contributed by atoms with Crippen LogP contribution in [0.1, 0.15) is 26.2 Å². The zero-order valence-corrected chi connectivity index (χ0v) is 21.6. The molecule has 0 aliphatic carbocycles. The van der Waals surface area contributed by atoms with Gasteiger partial charge in [0.25, 0.3) is 5.82 Å². The molecule has 0 bridgehead atoms. The van der Waals surface area contributed by atoms with Crippen molar-refractivity contribution in [2.24, 2.45) is 5.92 Å². The summed E-state index contributed by atoms with van der Waals surface area (Å²) in [7, 11) is 12.1. The number of aromatic nitrogens is 2. The van der Waals surface area contributed by atoms with Crippen LogP contribution in [0.4, 0.5) is 33.6 Å². The molecule has 1 fully saturated rings. The molecule has 4 rings (SSSR count). The van der Waals surface area contributed by atoms with Gasteiger partial charge in [0.05, 0.1) is 40.9 Å². The summed E-state index contributed by atoms with van der Waals surface area (Å²) in [6.07, 6.45) is 5.40. The Bertz CT molecular complexity index is 1060. The molecule has 2 aliphatic rings. The lowest BCUT2D eigenvalue weighted by atomic mass is 9.92. The average Bonchev–Trinajstić information content (AvgIpc) is 3.02. The Labute approximate surface area is 202 Å². The van der Waals surface area contributed by atoms with Crippen molar-refractivity contribution in [3.05, 3.63) is 24.4 Å². The summed E-state index contributed by atoms with van der Waals surface area (Å²) in [5, 5.41) is 7.04. The minimum absolute atomic E-state index is 0.0491. The number of fused-ring (bicyclic) bond motifs is 1. The SMILES string of the molecule is CC(C[N+](C)(C)c1nc(Nc2ccc3c(c2)[N+](C)(C)C(=O)O3)ncc1N(C)C)C1CCCCN1. The van der Waals surface area contributed by atoms with Crippen LogP contribution in [0.2, 0.25) is 0 Å². The fourth-order valence-corrected chi connectivity index (χ4v) is 5.04. The fraction of sp³-hybridized carbons (Fsp3) is 0.560. The van der Waals surface area contributed by atoms with Crippen molar-refractivity contribution in [1.82, 2.24) is 24.3 Å². The molecule has 1 amide bonds. The summed E-state index contributed by atoms with van der Waals surface area (Å²) >= 11 is 0. The van der Waals surface area contributed by atoms with Crippen LogP contribution in [0.25, 0.3) is 0 Å². The third kappa shape index (κ3) is 4.73. The second-order valence-electron chi connectivity index (χ2n) is 10.8. The van der Waals surface area contributed by atoms with E-state index in [2.05, 4.69) is 41.5 Å². The van der Waals surface area contributed by atoms with Gasteiger partial charge in [-0.2, -0.15) is 14.3 Å². The molecule has 0 spiro atoms. The van der Waals surface area contributed by atoms with Crippen LogP contribution in [-0.2, 0) is 0 Å². The Morgan fingerprint density at radius 2 is 2.06 bits per heavy atom. The number of hydrogen-bond acceptors (Lipinski definition) is 7. The number of ether oxygens (including phenoxy) is 1. The smallest absolute Gasteiger partial charge is 0.374 e. The van der Waals surface area contributed by atoms with E-state index in [9.17, 15) is 4.79 Å². The van der Waals surface area contributed by atoms with Crippen molar-refractivity contribution in [3.63, 3.8) is 0 Å². The first-order chi connectivity index (χ1) is 16.0. The molecule has 0 radical (unpaired) electrons. The Morgan fingerprint density at radius 1 is 1.29 bits per heavy atom. The van der Waals surface area contributed by atoms with E-state index in [0.717, 1.165) is 36.0 Å². The highest BCUT2D eigenvalue weighted by molar-refractivity contribution is 5.92. The number of nitrogens with zero attached hydrogens (tertiary/aromatic N) is 5. The number of hydrogen-bond donors (Lipinski definition) is 2. The molecule has 2 N–H and O–H groups in total. The molecule has 2 aliphatic heterocycles. The van der Waals surface area contributed by atoms with Gasteiger partial charge in [0.1, 0.15) is 5.69 Å². The largest absolute Gasteiger partial charge is 0.526 e. The highest BCUT2D eigenvalue weighted by atomic mass is 16.6. The number of piperidine rings is 1. The quantitative estimate of drug-likeness (QED) is 0.599. The number of carbonyl (C=O) groups is 1. The lowest BCUT2D eigenvalue weighted by Gasteiger charge is -2.37. The van der Waals surface area contributed by atoms with Gasteiger partial charge in [0, 0.05) is 37.8 Å². The van der Waals surface area contributed by atoms with Gasteiger partial charge in [-0.25, -0.2) is 4.98 Å². The van der Waals surface area contributed by atoms with E-state index in [4.69, 9.17) is 9.72 Å². The van der Waals surface area contributed by atoms with Gasteiger partial charge in [-0.05, 0) is 31.5 Å². The highest BCUT2D eigenvalue weighted by Gasteiger charge is 2.42. The Hall–Kier alpha value is -2.75. The first kappa shape index (κ1) is 24.4. The summed E-state index contributed by atoms with van der Waals surface area (Å²) in [5.74, 6) is 2.62. The van der Waals surface area contributed by atoms with E-state index >= 15 is 0 Å². The Balaban J connectivity index is 1.60. The fourth-order valence-electron chi connectivity index (χ4n) is 5.04. The highest BCUT2D eigenvalue weighted by Crippen LogP contribution is 2.40. The number of quaternary nitrogens is 2. The maximum absolute atomic E-state index is 12.2. The molecule has 9 heteroatoms. The van der Waals surface area contributed by atoms with Crippen molar-refractivity contribution in [1.29, 1.82) is 0 Å². The molecule has 1 aromatic carbocycles. The molecule has 34 heavy (non-hydrogen) atoms. The zero-order chi connectivity index (χ0) is 24.7. The third-order valence-corrected chi connectivity index (χ3v) is 7.06. The summed E-state index contributed by atoms with van der Waals surface area (Å²) in [6, 6.07) is 6.18. The summed E-state index contributed by atoms with van der Waals surface area (Å²) in [4.78, 5) is 23.8. The van der Waals surface area contributed by atoms with Crippen LogP contribution < -0.4 is 29.2 Å². The molecule has 0 saturated carbocycles. The van der Waals surface area contributed by atoms with E-state index in [1.54, 1.807) is 0 Å². The first-order valence-corrected chi connectivity index (χ1v) is 12.1. The van der Waals surface area contributed by atoms with E-state index < -0.39 is 0 Å². The van der Waals surface area contributed by atoms with Crippen LogP contribution in [-0.4, -0.2) is 77.5 Å². The van der Waals surface area contributed by atoms with Crippen molar-refractivity contribution in [2.75, 3.05) is 65.6 Å². The molecule has 1 aromatic heterocycles. The molecule has 2 unspecified atom stereocenters. The lowest BCUT2D eigenvalue weighted by molar-refractivity contribution is 0.185. The Kier molecular flexibility index (Phi) is 6.54. The molecular formula is C25H39N7O2+2. The minimum atomic E-state index is -0.290. The van der Waals surface area contributed by atoms with Gasteiger partial charge in [-0.3, -0.25) is 4.48 Å². The molecular weight excluding hydrogens is 430 g/mol. The number of carbonyl (C=O) groups excluding carboxylic acids is 1. The lowest BCUT2D eigenvalue weighted by Crippen LogP contribution is -2.51. The van der Waals surface area contributed by atoms with Gasteiger partial charge >= 0.3 is 6.09 Å². The normalized spacial score (nSPS) is 20.4. The molecule has 2 aromatic rings. The predicted molar refractivity (Wildman–Crippen MR) is 139 cm³/mol. The van der Waals surface area contributed by atoms with Gasteiger partial charge in [0.15, 0.2) is 11.4 Å². The number of anilines is 3. The average molecular weight is 470 g/mol. The van der Waals surface area contributed by atoms with Crippen LogP contribution in [0, 0.1) is 5.92 Å². The number of nitrogens with one attached hydrogen (secondary N) is 2. The monoisotopic (exact) mass is 469 g/mol. The second kappa shape index (κ2) is 9.13. The predicted octanol–water partition coefficient (Wildman–Crippen LogP) is 3.71. The van der Waals surface area contributed by atoms with Gasteiger partial charge < -0.3 is 20.3 Å². The second-order valence-corrected chi connectivity index (χ2v) is 10.8. The number of benzene rings is 1. The maximum Gasteiger partial charge on any atom is 0.526 e. The molecule has 2 atom stereocenters. The number of amides is 1. The van der Waals surface area contributed by atoms with Crippen LogP contribution in [0.15, 0.2) is 24.4 Å². The molecule has 9 nitrogen and oxygen atoms in total. The van der Waals surface area contributed by atoms with E-state index in [0.29, 0.717) is 28.1 Å². The molecule has 3 heterocycles. The van der Waals surface area contributed by atoms with Gasteiger partial charge in [-0.1, -0.05) is 13.3 Å². The minimum Gasteiger partial charge on any atom is -0.374 e. The third-order valence-electron chi connectivity index (χ3n) is 7.06. The van der Waals surface area contributed by atoms with Crippen LogP contribution >= 0.6 is 0 Å². The number of rotatable bonds is 7. The van der Waals surface area contributed by atoms with Crippen molar-refractivity contribution in [2.45, 2.75) is 32.2 Å². The van der Waals surface area contributed by atoms with Crippen molar-refractivity contribution < 1.29 is 9.53 Å². The topological polar surface area (TPSA) is 79.4 Å². The van der Waals surface area contributed by atoms with Crippen molar-refractivity contribution in [3.8, 4) is 5.75 Å². The standard InChI is InChI=1S/C25H39N7O2/c1-17(19-10-8-9-13-26-19)16-31(4,5)23-20(30(2)3)15-27-24(29-23)28-18-11-12-22-21(14-18)32(6,7)25(33)34-22/h11-12,14-15,17,19,26H,8-10,13,16H2,1-7H3,(H,27,28,29)/q+2. The van der Waals surface area contributed by atoms with E-state index in [-0.39, 0.29) is 10.6 Å². The summed E-state index contributed by atoms with van der Waals surface area (Å²) in [6.45, 7) is 4.42. The molecule has 1 saturated heterocycles. The van der Waals surface area contributed by atoms with E-state index in [1.165, 1.54) is 19.3 Å². The first-order valence-electron chi connectivity index (χ1n) is 12.1. The van der Waals surface area contributed by atoms with Crippen molar-refractivity contribution >= 4 is 34.9 Å².